The lowest BCUT2D eigenvalue weighted by molar-refractivity contribution is -0.118. The van der Waals surface area contributed by atoms with Crippen LogP contribution in [0.25, 0.3) is 21.5 Å². The van der Waals surface area contributed by atoms with E-state index in [1.807, 2.05) is 91.1 Å². The van der Waals surface area contributed by atoms with Gasteiger partial charge in [-0.25, -0.2) is 0 Å². The fraction of sp³-hybridized carbons (Fsp3) is 0.375. The maximum atomic E-state index is 13.9. The molecule has 7 aromatic rings. The molecular weight excluding hydrogens is 1000 g/mol. The molecule has 2 unspecified atom stereocenters. The number of fused-ring (bicyclic) bond motifs is 3. The van der Waals surface area contributed by atoms with Crippen molar-refractivity contribution in [3.8, 4) is 0 Å². The van der Waals surface area contributed by atoms with Gasteiger partial charge in [0.25, 0.3) is 11.8 Å². The molecule has 1 aliphatic rings. The van der Waals surface area contributed by atoms with Crippen molar-refractivity contribution in [1.82, 2.24) is 14.9 Å². The molecule has 3 heterocycles. The first kappa shape index (κ1) is 59.0. The second kappa shape index (κ2) is 25.9. The second-order valence-corrected chi connectivity index (χ2v) is 33.6. The molecule has 2 aromatic heterocycles. The third kappa shape index (κ3) is 12.9. The van der Waals surface area contributed by atoms with Crippen molar-refractivity contribution in [2.24, 2.45) is 5.73 Å². The van der Waals surface area contributed by atoms with E-state index in [4.69, 9.17) is 14.6 Å². The van der Waals surface area contributed by atoms with E-state index >= 15 is 0 Å². The standard InChI is InChI=1S/C36H41N3O4Si.C28H39N3O2Si/c1-23(2)44(24(3)4,25(5)6)43-22-26-11-13-27(14-12-26)33(21-39-35(41)31-9-7-8-10-32(31)36(39)42)34(40)38-30-16-15-29-20-37-18-17-28(29)19-30;1-19(2)34(20(3)4,21(5)6)33-18-22-7-9-23(10-8-22)27(16-29)28(32)31-26-12-11-25-17-30-14-13-24(25)15-26/h7-20,23-25,33H,21-22H2,1-6H3,(H,38,40);7-15,17,19-21,27H,16,18,29H2,1-6H3,(H,31,32). The van der Waals surface area contributed by atoms with Gasteiger partial charge in [-0.15, -0.1) is 0 Å². The number of nitrogens with one attached hydrogen (secondary N) is 2. The van der Waals surface area contributed by atoms with Gasteiger partial charge in [0.1, 0.15) is 0 Å². The largest absolute Gasteiger partial charge is 0.412 e. The maximum Gasteiger partial charge on any atom is 0.261 e. The van der Waals surface area contributed by atoms with Crippen molar-refractivity contribution in [2.45, 2.75) is 141 Å². The van der Waals surface area contributed by atoms with Crippen molar-refractivity contribution in [1.29, 1.82) is 0 Å². The molecule has 78 heavy (non-hydrogen) atoms. The molecule has 0 bridgehead atoms. The Balaban J connectivity index is 0.000000234. The average molecular weight is 1090 g/mol. The number of anilines is 2. The van der Waals surface area contributed by atoms with Crippen LogP contribution in [0.4, 0.5) is 11.4 Å². The van der Waals surface area contributed by atoms with Crippen LogP contribution >= 0.6 is 0 Å². The van der Waals surface area contributed by atoms with E-state index < -0.39 is 28.5 Å². The summed E-state index contributed by atoms with van der Waals surface area (Å²) < 4.78 is 13.5. The van der Waals surface area contributed by atoms with Gasteiger partial charge in [0, 0.05) is 60.0 Å². The Labute approximate surface area is 464 Å². The number of rotatable bonds is 21. The predicted molar refractivity (Wildman–Crippen MR) is 322 cm³/mol. The molecule has 5 aromatic carbocycles. The molecule has 0 spiro atoms. The van der Waals surface area contributed by atoms with E-state index in [9.17, 15) is 19.2 Å². The molecule has 2 atom stereocenters. The van der Waals surface area contributed by atoms with Crippen LogP contribution in [0, 0.1) is 0 Å². The zero-order valence-corrected chi connectivity index (χ0v) is 49.7. The quantitative estimate of drug-likeness (QED) is 0.0469. The number of hydrogen-bond acceptors (Lipinski definition) is 9. The van der Waals surface area contributed by atoms with Crippen molar-refractivity contribution in [3.63, 3.8) is 0 Å². The molecule has 0 aliphatic carbocycles. The highest BCUT2D eigenvalue weighted by molar-refractivity contribution is 6.78. The van der Waals surface area contributed by atoms with Gasteiger partial charge in [-0.1, -0.05) is 156 Å². The molecule has 410 valence electrons. The fourth-order valence-electron chi connectivity index (χ4n) is 12.2. The van der Waals surface area contributed by atoms with Gasteiger partial charge >= 0.3 is 0 Å². The van der Waals surface area contributed by atoms with Gasteiger partial charge in [0.2, 0.25) is 28.4 Å². The number of hydrogen-bond donors (Lipinski definition) is 3. The Kier molecular flexibility index (Phi) is 19.5. The highest BCUT2D eigenvalue weighted by atomic mass is 28.4. The van der Waals surface area contributed by atoms with Gasteiger partial charge in [-0.2, -0.15) is 0 Å². The smallest absolute Gasteiger partial charge is 0.261 e. The zero-order chi connectivity index (χ0) is 56.5. The molecule has 0 fully saturated rings. The summed E-state index contributed by atoms with van der Waals surface area (Å²) in [7, 11) is -3.97. The summed E-state index contributed by atoms with van der Waals surface area (Å²) in [6.07, 6.45) is 7.04. The summed E-state index contributed by atoms with van der Waals surface area (Å²) >= 11 is 0. The summed E-state index contributed by atoms with van der Waals surface area (Å²) in [6.45, 7) is 28.7. The van der Waals surface area contributed by atoms with E-state index in [-0.39, 0.29) is 36.7 Å². The number of aromatic nitrogens is 2. The van der Waals surface area contributed by atoms with Crippen molar-refractivity contribution >= 4 is 73.2 Å². The van der Waals surface area contributed by atoms with Crippen LogP contribution in [0.5, 0.6) is 0 Å². The summed E-state index contributed by atoms with van der Waals surface area (Å²) in [5.41, 5.74) is 15.0. The molecular formula is C64H80N6O6Si2. The fourth-order valence-corrected chi connectivity index (χ4v) is 23.0. The van der Waals surface area contributed by atoms with Crippen LogP contribution in [-0.4, -0.2) is 68.2 Å². The normalized spacial score (nSPS) is 13.7. The minimum Gasteiger partial charge on any atom is -0.412 e. The Bertz CT molecular complexity index is 3120. The first-order chi connectivity index (χ1) is 37.2. The Morgan fingerprint density at radius 2 is 0.872 bits per heavy atom. The summed E-state index contributed by atoms with van der Waals surface area (Å²) in [4.78, 5) is 62.9. The van der Waals surface area contributed by atoms with Crippen molar-refractivity contribution in [3.05, 3.63) is 179 Å². The lowest BCUT2D eigenvalue weighted by Gasteiger charge is -2.42. The van der Waals surface area contributed by atoms with E-state index in [2.05, 4.69) is 116 Å². The highest BCUT2D eigenvalue weighted by Crippen LogP contribution is 2.44. The lowest BCUT2D eigenvalue weighted by atomic mass is 9.96. The average Bonchev–Trinajstić information content (AvgIpc) is 3.66. The van der Waals surface area contributed by atoms with E-state index in [1.54, 1.807) is 42.9 Å². The maximum absolute atomic E-state index is 13.9. The molecule has 14 heteroatoms. The number of amides is 4. The molecule has 4 amide bonds. The number of nitrogens with zero attached hydrogens (tertiary/aromatic N) is 3. The minimum absolute atomic E-state index is 0.0738. The van der Waals surface area contributed by atoms with Gasteiger partial charge in [-0.3, -0.25) is 34.0 Å². The van der Waals surface area contributed by atoms with Gasteiger partial charge in [-0.05, 0) is 115 Å². The van der Waals surface area contributed by atoms with Crippen LogP contribution in [-0.2, 0) is 31.7 Å². The number of pyridine rings is 2. The molecule has 4 N–H and O–H groups in total. The number of benzene rings is 5. The molecule has 8 rings (SSSR count). The summed E-state index contributed by atoms with van der Waals surface area (Å²) in [5.74, 6) is -2.38. The number of carbonyl (C=O) groups is 4. The van der Waals surface area contributed by atoms with E-state index in [1.165, 1.54) is 4.90 Å². The monoisotopic (exact) mass is 1080 g/mol. The van der Waals surface area contributed by atoms with Gasteiger partial charge in [0.15, 0.2) is 0 Å². The Morgan fingerprint density at radius 1 is 0.500 bits per heavy atom. The van der Waals surface area contributed by atoms with Crippen LogP contribution < -0.4 is 16.4 Å². The first-order valence-electron chi connectivity index (χ1n) is 27.6. The zero-order valence-electron chi connectivity index (χ0n) is 47.7. The first-order valence-corrected chi connectivity index (χ1v) is 31.9. The third-order valence-electron chi connectivity index (χ3n) is 16.1. The molecule has 12 nitrogen and oxygen atoms in total. The minimum atomic E-state index is -2.05. The van der Waals surface area contributed by atoms with Crippen LogP contribution in [0.3, 0.4) is 0 Å². The Hall–Kier alpha value is -6.69. The van der Waals surface area contributed by atoms with E-state index in [0.717, 1.165) is 43.9 Å². The summed E-state index contributed by atoms with van der Waals surface area (Å²) in [6, 6.07) is 38.0. The Morgan fingerprint density at radius 3 is 1.24 bits per heavy atom. The molecule has 0 radical (unpaired) electrons. The van der Waals surface area contributed by atoms with Crippen molar-refractivity contribution in [2.75, 3.05) is 23.7 Å². The number of nitrogens with two attached hydrogens (primary N) is 1. The number of carbonyl (C=O) groups excluding carboxylic acids is 4. The van der Waals surface area contributed by atoms with Crippen molar-refractivity contribution < 1.29 is 28.0 Å². The van der Waals surface area contributed by atoms with Crippen LogP contribution in [0.2, 0.25) is 33.2 Å². The SMILES string of the molecule is CC(C)[Si](OCc1ccc(C(CN)C(=O)Nc2ccc3cnccc3c2)cc1)(C(C)C)C(C)C.CC(C)[Si](OCc1ccc(C(CN2C(=O)c3ccccc3C2=O)C(=O)Nc2ccc3cnccc3c2)cc1)(C(C)C)C(C)C. The topological polar surface area (TPSA) is 166 Å². The second-order valence-electron chi connectivity index (χ2n) is 22.7. The van der Waals surface area contributed by atoms with E-state index in [0.29, 0.717) is 68.8 Å². The third-order valence-corrected chi connectivity index (χ3v) is 28.2. The molecule has 0 saturated heterocycles. The lowest BCUT2D eigenvalue weighted by Crippen LogP contribution is -2.47. The van der Waals surface area contributed by atoms with Gasteiger partial charge in [0.05, 0.1) is 36.2 Å². The summed E-state index contributed by atoms with van der Waals surface area (Å²) in [5, 5.41) is 10.0. The molecule has 1 aliphatic heterocycles. The molecule has 0 saturated carbocycles. The highest BCUT2D eigenvalue weighted by Gasteiger charge is 2.46. The predicted octanol–water partition coefficient (Wildman–Crippen LogP) is 14.6. The number of imide groups is 1. The van der Waals surface area contributed by atoms with Gasteiger partial charge < -0.3 is 25.2 Å². The van der Waals surface area contributed by atoms with Crippen LogP contribution in [0.1, 0.15) is 138 Å². The van der Waals surface area contributed by atoms with Crippen LogP contribution in [0.15, 0.2) is 146 Å².